The molecule has 15 heavy (non-hydrogen) atoms. The van der Waals surface area contributed by atoms with Gasteiger partial charge in [0.05, 0.1) is 19.4 Å². The number of halogens is 1. The highest BCUT2D eigenvalue weighted by Gasteiger charge is 2.18. The van der Waals surface area contributed by atoms with E-state index in [0.717, 1.165) is 0 Å². The Bertz CT molecular complexity index is 343. The number of para-hydroxylation sites is 1. The Labute approximate surface area is 86.7 Å². The van der Waals surface area contributed by atoms with Crippen molar-refractivity contribution in [3.05, 3.63) is 30.1 Å². The van der Waals surface area contributed by atoms with E-state index in [2.05, 4.69) is 10.1 Å². The lowest BCUT2D eigenvalue weighted by atomic mass is 10.2. The van der Waals surface area contributed by atoms with Gasteiger partial charge in [-0.25, -0.2) is 9.18 Å². The molecule has 1 unspecified atom stereocenters. The maximum atomic E-state index is 13.2. The highest BCUT2D eigenvalue weighted by atomic mass is 19.1. The van der Waals surface area contributed by atoms with E-state index in [-0.39, 0.29) is 5.69 Å². The summed E-state index contributed by atoms with van der Waals surface area (Å²) in [5.41, 5.74) is 0.155. The second-order valence-electron chi connectivity index (χ2n) is 2.88. The first-order valence-corrected chi connectivity index (χ1v) is 4.38. The van der Waals surface area contributed by atoms with Gasteiger partial charge in [0.1, 0.15) is 11.9 Å². The SMILES string of the molecule is COC(=O)C(CO)Nc1ccccc1F. The van der Waals surface area contributed by atoms with Gasteiger partial charge in [0, 0.05) is 0 Å². The van der Waals surface area contributed by atoms with Crippen LogP contribution < -0.4 is 5.32 Å². The van der Waals surface area contributed by atoms with Crippen molar-refractivity contribution in [1.29, 1.82) is 0 Å². The Kier molecular flexibility index (Phi) is 4.05. The molecule has 1 aromatic rings. The van der Waals surface area contributed by atoms with Crippen molar-refractivity contribution in [3.8, 4) is 0 Å². The summed E-state index contributed by atoms with van der Waals surface area (Å²) in [5, 5.41) is 11.4. The molecular formula is C10H12FNO3. The molecule has 0 aliphatic heterocycles. The molecule has 0 radical (unpaired) electrons. The van der Waals surface area contributed by atoms with Crippen LogP contribution in [-0.2, 0) is 9.53 Å². The van der Waals surface area contributed by atoms with Crippen LogP contribution in [-0.4, -0.2) is 30.8 Å². The van der Waals surface area contributed by atoms with Crippen LogP contribution in [0, 0.1) is 5.82 Å². The number of benzene rings is 1. The summed E-state index contributed by atoms with van der Waals surface area (Å²) >= 11 is 0. The number of nitrogens with one attached hydrogen (secondary N) is 1. The average molecular weight is 213 g/mol. The second-order valence-corrected chi connectivity index (χ2v) is 2.88. The molecule has 1 rings (SSSR count). The fourth-order valence-electron chi connectivity index (χ4n) is 1.09. The number of aliphatic hydroxyl groups excluding tert-OH is 1. The van der Waals surface area contributed by atoms with Gasteiger partial charge in [0.25, 0.3) is 0 Å². The number of anilines is 1. The van der Waals surface area contributed by atoms with Gasteiger partial charge in [-0.15, -0.1) is 0 Å². The average Bonchev–Trinajstić information content (AvgIpc) is 2.27. The molecule has 4 nitrogen and oxygen atoms in total. The van der Waals surface area contributed by atoms with Crippen molar-refractivity contribution in [2.45, 2.75) is 6.04 Å². The molecular weight excluding hydrogens is 201 g/mol. The minimum absolute atomic E-state index is 0.155. The van der Waals surface area contributed by atoms with Crippen LogP contribution >= 0.6 is 0 Å². The third-order valence-corrected chi connectivity index (χ3v) is 1.87. The second kappa shape index (κ2) is 5.31. The first-order valence-electron chi connectivity index (χ1n) is 4.38. The lowest BCUT2D eigenvalue weighted by Gasteiger charge is -2.15. The summed E-state index contributed by atoms with van der Waals surface area (Å²) in [5.74, 6) is -1.12. The van der Waals surface area contributed by atoms with Gasteiger partial charge in [-0.3, -0.25) is 0 Å². The van der Waals surface area contributed by atoms with E-state index in [9.17, 15) is 9.18 Å². The smallest absolute Gasteiger partial charge is 0.330 e. The standard InChI is InChI=1S/C10H12FNO3/c1-15-10(14)9(6-13)12-8-5-3-2-4-7(8)11/h2-5,9,12-13H,6H2,1H3. The Morgan fingerprint density at radius 1 is 1.60 bits per heavy atom. The summed E-state index contributed by atoms with van der Waals surface area (Å²) < 4.78 is 17.6. The zero-order valence-electron chi connectivity index (χ0n) is 8.24. The molecule has 1 aromatic carbocycles. The summed E-state index contributed by atoms with van der Waals surface area (Å²) in [6, 6.07) is 4.94. The fourth-order valence-corrected chi connectivity index (χ4v) is 1.09. The number of esters is 1. The monoisotopic (exact) mass is 213 g/mol. The molecule has 0 saturated heterocycles. The minimum Gasteiger partial charge on any atom is -0.467 e. The van der Waals surface area contributed by atoms with E-state index in [0.29, 0.717) is 0 Å². The minimum atomic E-state index is -0.952. The molecule has 0 aromatic heterocycles. The Morgan fingerprint density at radius 2 is 2.27 bits per heavy atom. The van der Waals surface area contributed by atoms with Crippen LogP contribution in [0.15, 0.2) is 24.3 Å². The van der Waals surface area contributed by atoms with Gasteiger partial charge in [-0.1, -0.05) is 12.1 Å². The van der Waals surface area contributed by atoms with E-state index < -0.39 is 24.4 Å². The quantitative estimate of drug-likeness (QED) is 0.725. The Hall–Kier alpha value is -1.62. The van der Waals surface area contributed by atoms with Crippen molar-refractivity contribution in [2.75, 3.05) is 19.0 Å². The van der Waals surface area contributed by atoms with Crippen LogP contribution in [0.4, 0.5) is 10.1 Å². The van der Waals surface area contributed by atoms with Gasteiger partial charge in [0.2, 0.25) is 0 Å². The molecule has 0 amide bonds. The third-order valence-electron chi connectivity index (χ3n) is 1.87. The number of hydrogen-bond donors (Lipinski definition) is 2. The highest BCUT2D eigenvalue weighted by molar-refractivity contribution is 5.79. The van der Waals surface area contributed by atoms with E-state index in [1.165, 1.54) is 25.3 Å². The molecule has 0 aliphatic rings. The topological polar surface area (TPSA) is 58.6 Å². The summed E-state index contributed by atoms with van der Waals surface area (Å²) in [4.78, 5) is 11.1. The lowest BCUT2D eigenvalue weighted by molar-refractivity contribution is -0.142. The van der Waals surface area contributed by atoms with Gasteiger partial charge in [0.15, 0.2) is 0 Å². The van der Waals surface area contributed by atoms with Crippen LogP contribution in [0.1, 0.15) is 0 Å². The molecule has 0 spiro atoms. The van der Waals surface area contributed by atoms with E-state index in [4.69, 9.17) is 5.11 Å². The predicted octanol–water partition coefficient (Wildman–Crippen LogP) is 0.771. The van der Waals surface area contributed by atoms with Crippen LogP contribution in [0.2, 0.25) is 0 Å². The largest absolute Gasteiger partial charge is 0.467 e. The molecule has 5 heteroatoms. The van der Waals surface area contributed by atoms with Gasteiger partial charge >= 0.3 is 5.97 Å². The van der Waals surface area contributed by atoms with Crippen LogP contribution in [0.5, 0.6) is 0 Å². The fraction of sp³-hybridized carbons (Fsp3) is 0.300. The van der Waals surface area contributed by atoms with Gasteiger partial charge < -0.3 is 15.2 Å². The maximum absolute atomic E-state index is 13.2. The molecule has 0 heterocycles. The van der Waals surface area contributed by atoms with Crippen molar-refractivity contribution in [3.63, 3.8) is 0 Å². The molecule has 1 atom stereocenters. The predicted molar refractivity (Wildman–Crippen MR) is 52.9 cm³/mol. The summed E-state index contributed by atoms with van der Waals surface area (Å²) in [6.45, 7) is -0.457. The first kappa shape index (κ1) is 11.5. The van der Waals surface area contributed by atoms with E-state index in [1.807, 2.05) is 0 Å². The van der Waals surface area contributed by atoms with Crippen molar-refractivity contribution >= 4 is 11.7 Å². The normalized spacial score (nSPS) is 11.9. The van der Waals surface area contributed by atoms with Crippen molar-refractivity contribution in [1.82, 2.24) is 0 Å². The number of carbonyl (C=O) groups excluding carboxylic acids is 1. The summed E-state index contributed by atoms with van der Waals surface area (Å²) in [6.07, 6.45) is 0. The van der Waals surface area contributed by atoms with Crippen LogP contribution in [0.3, 0.4) is 0 Å². The van der Waals surface area contributed by atoms with Gasteiger partial charge in [-0.05, 0) is 12.1 Å². The summed E-state index contributed by atoms with van der Waals surface area (Å²) in [7, 11) is 1.20. The number of rotatable bonds is 4. The highest BCUT2D eigenvalue weighted by Crippen LogP contribution is 2.13. The molecule has 2 N–H and O–H groups in total. The first-order chi connectivity index (χ1) is 7.19. The number of methoxy groups -OCH3 is 1. The Morgan fingerprint density at radius 3 is 2.80 bits per heavy atom. The number of carbonyl (C=O) groups is 1. The van der Waals surface area contributed by atoms with Gasteiger partial charge in [-0.2, -0.15) is 0 Å². The lowest BCUT2D eigenvalue weighted by Crippen LogP contribution is -2.34. The molecule has 0 bridgehead atoms. The number of hydrogen-bond acceptors (Lipinski definition) is 4. The number of ether oxygens (including phenoxy) is 1. The third kappa shape index (κ3) is 2.92. The molecule has 82 valence electrons. The molecule has 0 saturated carbocycles. The van der Waals surface area contributed by atoms with Crippen LogP contribution in [0.25, 0.3) is 0 Å². The van der Waals surface area contributed by atoms with Crippen molar-refractivity contribution < 1.29 is 19.0 Å². The van der Waals surface area contributed by atoms with Crippen molar-refractivity contribution in [2.24, 2.45) is 0 Å². The molecule has 0 fully saturated rings. The maximum Gasteiger partial charge on any atom is 0.330 e. The zero-order chi connectivity index (χ0) is 11.3. The molecule has 0 aliphatic carbocycles. The zero-order valence-corrected chi connectivity index (χ0v) is 8.24. The van der Waals surface area contributed by atoms with E-state index in [1.54, 1.807) is 6.07 Å². The van der Waals surface area contributed by atoms with E-state index >= 15 is 0 Å². The Balaban J connectivity index is 2.75. The number of aliphatic hydroxyl groups is 1.